The average Bonchev–Trinajstić information content (AvgIpc) is 2.91. The van der Waals surface area contributed by atoms with Crippen molar-refractivity contribution in [1.29, 1.82) is 0 Å². The van der Waals surface area contributed by atoms with Gasteiger partial charge in [0.25, 0.3) is 5.91 Å². The fraction of sp³-hybridized carbons (Fsp3) is 0.500. The number of aromatic amines is 1. The van der Waals surface area contributed by atoms with Crippen LogP contribution in [0, 0.1) is 0 Å². The van der Waals surface area contributed by atoms with Crippen LogP contribution in [0.1, 0.15) is 10.4 Å². The number of carbonyl (C=O) groups excluding carboxylic acids is 2. The number of likely N-dealkylation sites (N-methyl/N-ethyl adjacent to an activating group) is 1. The number of nitrogens with one attached hydrogen (secondary N) is 3. The Labute approximate surface area is 98.6 Å². The molecule has 1 fully saturated rings. The van der Waals surface area contributed by atoms with Crippen LogP contribution in [0.5, 0.6) is 0 Å². The van der Waals surface area contributed by atoms with Crippen LogP contribution in [-0.4, -0.2) is 59.6 Å². The number of H-pyrrole nitrogens is 1. The molecule has 0 saturated carbocycles. The molecule has 0 bridgehead atoms. The molecule has 3 N–H and O–H groups in total. The lowest BCUT2D eigenvalue weighted by Gasteiger charge is -2.34. The molecule has 1 aliphatic rings. The topological polar surface area (TPSA) is 90.1 Å². The first-order valence-electron chi connectivity index (χ1n) is 5.46. The summed E-state index contributed by atoms with van der Waals surface area (Å²) in [7, 11) is 1.57. The van der Waals surface area contributed by atoms with Gasteiger partial charge < -0.3 is 15.5 Å². The van der Waals surface area contributed by atoms with Crippen LogP contribution in [0.15, 0.2) is 12.4 Å². The quantitative estimate of drug-likeness (QED) is 0.588. The van der Waals surface area contributed by atoms with Crippen LogP contribution < -0.4 is 10.6 Å². The van der Waals surface area contributed by atoms with Gasteiger partial charge in [-0.05, 0) is 0 Å². The zero-order chi connectivity index (χ0) is 12.3. The van der Waals surface area contributed by atoms with Crippen molar-refractivity contribution in [1.82, 2.24) is 25.7 Å². The van der Waals surface area contributed by atoms with Crippen LogP contribution in [0.2, 0.25) is 0 Å². The van der Waals surface area contributed by atoms with Crippen LogP contribution >= 0.6 is 0 Å². The lowest BCUT2D eigenvalue weighted by Crippen LogP contribution is -2.59. The first-order chi connectivity index (χ1) is 8.24. The van der Waals surface area contributed by atoms with Crippen LogP contribution in [0.3, 0.4) is 0 Å². The first-order valence-corrected chi connectivity index (χ1v) is 5.46. The smallest absolute Gasteiger partial charge is 0.257 e. The van der Waals surface area contributed by atoms with Crippen LogP contribution in [0.4, 0.5) is 0 Å². The molecule has 2 heterocycles. The second kappa shape index (κ2) is 4.96. The highest BCUT2D eigenvalue weighted by atomic mass is 16.2. The largest absolute Gasteiger partial charge is 0.357 e. The second-order valence-corrected chi connectivity index (χ2v) is 3.82. The molecule has 7 nitrogen and oxygen atoms in total. The van der Waals surface area contributed by atoms with Crippen molar-refractivity contribution in [3.05, 3.63) is 18.0 Å². The van der Waals surface area contributed by atoms with E-state index in [4.69, 9.17) is 0 Å². The Balaban J connectivity index is 2.16. The molecular weight excluding hydrogens is 222 g/mol. The van der Waals surface area contributed by atoms with Gasteiger partial charge in [-0.15, -0.1) is 0 Å². The van der Waals surface area contributed by atoms with Gasteiger partial charge in [-0.3, -0.25) is 14.7 Å². The van der Waals surface area contributed by atoms with Gasteiger partial charge in [-0.2, -0.15) is 5.10 Å². The first kappa shape index (κ1) is 11.6. The van der Waals surface area contributed by atoms with Gasteiger partial charge in [-0.25, -0.2) is 0 Å². The summed E-state index contributed by atoms with van der Waals surface area (Å²) >= 11 is 0. The highest BCUT2D eigenvalue weighted by molar-refractivity contribution is 5.97. The molecule has 0 aliphatic carbocycles. The van der Waals surface area contributed by atoms with E-state index < -0.39 is 6.04 Å². The van der Waals surface area contributed by atoms with Crippen molar-refractivity contribution in [2.24, 2.45) is 0 Å². The van der Waals surface area contributed by atoms with Gasteiger partial charge >= 0.3 is 0 Å². The number of hydrogen-bond donors (Lipinski definition) is 3. The maximum Gasteiger partial charge on any atom is 0.257 e. The lowest BCUT2D eigenvalue weighted by atomic mass is 10.1. The Bertz CT molecular complexity index is 403. The van der Waals surface area contributed by atoms with Crippen molar-refractivity contribution in [2.45, 2.75) is 6.04 Å². The normalized spacial score (nSPS) is 20.1. The molecule has 1 aromatic rings. The molecule has 2 amide bonds. The summed E-state index contributed by atoms with van der Waals surface area (Å²) in [5.74, 6) is -0.331. The molecular formula is C10H15N5O2. The lowest BCUT2D eigenvalue weighted by molar-refractivity contribution is -0.125. The standard InChI is InChI=1S/C10H15N5O2/c1-11-9(16)8-6-12-2-3-15(8)10(17)7-4-13-14-5-7/h4-5,8,12H,2-3,6H2,1H3,(H,11,16)(H,13,14). The molecule has 7 heteroatoms. The predicted octanol–water partition coefficient (Wildman–Crippen LogP) is -1.43. The summed E-state index contributed by atoms with van der Waals surface area (Å²) in [6, 6.07) is -0.462. The third kappa shape index (κ3) is 2.28. The van der Waals surface area contributed by atoms with Crippen molar-refractivity contribution < 1.29 is 9.59 Å². The summed E-state index contributed by atoms with van der Waals surface area (Å²) in [6.07, 6.45) is 3.00. The van der Waals surface area contributed by atoms with E-state index in [0.717, 1.165) is 0 Å². The molecule has 1 atom stereocenters. The molecule has 1 saturated heterocycles. The summed E-state index contributed by atoms with van der Waals surface area (Å²) in [5, 5.41) is 12.0. The molecule has 92 valence electrons. The molecule has 2 rings (SSSR count). The minimum atomic E-state index is -0.462. The fourth-order valence-corrected chi connectivity index (χ4v) is 1.88. The van der Waals surface area contributed by atoms with Gasteiger partial charge in [0.1, 0.15) is 6.04 Å². The Kier molecular flexibility index (Phi) is 3.38. The number of hydrogen-bond acceptors (Lipinski definition) is 4. The van der Waals surface area contributed by atoms with E-state index in [1.54, 1.807) is 11.9 Å². The summed E-state index contributed by atoms with van der Waals surface area (Å²) in [4.78, 5) is 25.4. The van der Waals surface area contributed by atoms with E-state index in [1.807, 2.05) is 0 Å². The zero-order valence-corrected chi connectivity index (χ0v) is 9.56. The minimum absolute atomic E-state index is 0.158. The maximum absolute atomic E-state index is 12.1. The number of piperazine rings is 1. The number of nitrogens with zero attached hydrogens (tertiary/aromatic N) is 2. The SMILES string of the molecule is CNC(=O)C1CNCCN1C(=O)c1cn[nH]c1. The number of rotatable bonds is 2. The molecule has 1 aliphatic heterocycles. The summed E-state index contributed by atoms with van der Waals surface area (Å²) in [5.41, 5.74) is 0.473. The maximum atomic E-state index is 12.1. The zero-order valence-electron chi connectivity index (χ0n) is 9.56. The Morgan fingerprint density at radius 2 is 2.41 bits per heavy atom. The Hall–Kier alpha value is -1.89. The minimum Gasteiger partial charge on any atom is -0.357 e. The third-order valence-corrected chi connectivity index (χ3v) is 2.80. The molecule has 0 spiro atoms. The van der Waals surface area contributed by atoms with Crippen molar-refractivity contribution in [3.63, 3.8) is 0 Å². The summed E-state index contributed by atoms with van der Waals surface area (Å²) < 4.78 is 0. The van der Waals surface area contributed by atoms with E-state index in [-0.39, 0.29) is 11.8 Å². The Morgan fingerprint density at radius 1 is 1.59 bits per heavy atom. The third-order valence-electron chi connectivity index (χ3n) is 2.80. The highest BCUT2D eigenvalue weighted by Gasteiger charge is 2.32. The van der Waals surface area contributed by atoms with E-state index in [0.29, 0.717) is 25.2 Å². The average molecular weight is 237 g/mol. The second-order valence-electron chi connectivity index (χ2n) is 3.82. The van der Waals surface area contributed by atoms with Gasteiger partial charge in [0, 0.05) is 32.9 Å². The van der Waals surface area contributed by atoms with E-state index in [9.17, 15) is 9.59 Å². The van der Waals surface area contributed by atoms with Gasteiger partial charge in [0.15, 0.2) is 0 Å². The molecule has 0 aromatic carbocycles. The molecule has 0 radical (unpaired) electrons. The fourth-order valence-electron chi connectivity index (χ4n) is 1.88. The monoisotopic (exact) mass is 237 g/mol. The highest BCUT2D eigenvalue weighted by Crippen LogP contribution is 2.09. The van der Waals surface area contributed by atoms with E-state index in [1.165, 1.54) is 12.4 Å². The van der Waals surface area contributed by atoms with Crippen LogP contribution in [0.25, 0.3) is 0 Å². The van der Waals surface area contributed by atoms with E-state index >= 15 is 0 Å². The van der Waals surface area contributed by atoms with Gasteiger partial charge in [0.05, 0.1) is 11.8 Å². The molecule has 1 aromatic heterocycles. The van der Waals surface area contributed by atoms with Crippen molar-refractivity contribution >= 4 is 11.8 Å². The molecule has 17 heavy (non-hydrogen) atoms. The number of aromatic nitrogens is 2. The van der Waals surface area contributed by atoms with Gasteiger partial charge in [-0.1, -0.05) is 0 Å². The van der Waals surface area contributed by atoms with E-state index in [2.05, 4.69) is 20.8 Å². The van der Waals surface area contributed by atoms with Crippen LogP contribution in [-0.2, 0) is 4.79 Å². The number of amides is 2. The van der Waals surface area contributed by atoms with Gasteiger partial charge in [0.2, 0.25) is 5.91 Å². The predicted molar refractivity (Wildman–Crippen MR) is 60.3 cm³/mol. The Morgan fingerprint density at radius 3 is 3.06 bits per heavy atom. The number of carbonyl (C=O) groups is 2. The summed E-state index contributed by atoms with van der Waals surface area (Å²) in [6.45, 7) is 1.68. The van der Waals surface area contributed by atoms with Crippen molar-refractivity contribution in [3.8, 4) is 0 Å². The van der Waals surface area contributed by atoms with Crippen molar-refractivity contribution in [2.75, 3.05) is 26.7 Å². The molecule has 1 unspecified atom stereocenters.